The minimum atomic E-state index is -1.38. The second-order valence-electron chi connectivity index (χ2n) is 2.51. The third-order valence-electron chi connectivity index (χ3n) is 1.51. The van der Waals surface area contributed by atoms with Gasteiger partial charge in [0.1, 0.15) is 12.2 Å². The number of aliphatic hydroxyl groups excluding tert-OH is 2. The van der Waals surface area contributed by atoms with Crippen molar-refractivity contribution < 1.29 is 76.2 Å². The minimum Gasteiger partial charge on any atom is -0.550 e. The van der Waals surface area contributed by atoms with Gasteiger partial charge in [0, 0.05) is 12.4 Å². The maximum absolute atomic E-state index is 9.93. The molecule has 1 unspecified atom stereocenters. The number of aliphatic carboxylic acids is 1. The van der Waals surface area contributed by atoms with Crippen LogP contribution in [0.5, 0.6) is 0 Å². The van der Waals surface area contributed by atoms with Crippen LogP contribution in [-0.4, -0.2) is 41.1 Å². The first kappa shape index (κ1) is 13.0. The third-order valence-corrected chi connectivity index (χ3v) is 1.51. The average molecular weight is 200 g/mol. The quantitative estimate of drug-likeness (QED) is 0.348. The molecule has 0 aliphatic carbocycles. The van der Waals surface area contributed by atoms with Gasteiger partial charge in [-0.1, -0.05) is 0 Å². The SMILES string of the molecule is O=C([O-])C[C@@H](O)[C@@H](O)C1CO1.[K+]. The molecule has 1 saturated heterocycles. The van der Waals surface area contributed by atoms with Gasteiger partial charge in [0.2, 0.25) is 0 Å². The number of epoxide rings is 1. The molecule has 0 radical (unpaired) electrons. The Bertz CT molecular complexity index is 158. The van der Waals surface area contributed by atoms with Crippen LogP contribution in [0.15, 0.2) is 0 Å². The van der Waals surface area contributed by atoms with E-state index >= 15 is 0 Å². The number of rotatable bonds is 4. The standard InChI is InChI=1S/C6H10O5.K/c7-3(1-5(8)9)6(10)4-2-11-4;/h3-4,6-7,10H,1-2H2,(H,8,9);/q;+1/p-1/t3-,4?,6-;/m1./s1. The van der Waals surface area contributed by atoms with Crippen LogP contribution in [0.2, 0.25) is 0 Å². The van der Waals surface area contributed by atoms with Gasteiger partial charge < -0.3 is 24.9 Å². The number of hydrogen-bond acceptors (Lipinski definition) is 5. The van der Waals surface area contributed by atoms with E-state index in [1.165, 1.54) is 0 Å². The molecule has 3 atom stereocenters. The maximum atomic E-state index is 9.93. The predicted molar refractivity (Wildman–Crippen MR) is 31.4 cm³/mol. The van der Waals surface area contributed by atoms with Gasteiger partial charge in [-0.3, -0.25) is 0 Å². The zero-order valence-electron chi connectivity index (χ0n) is 6.77. The fraction of sp³-hybridized carbons (Fsp3) is 0.833. The summed E-state index contributed by atoms with van der Waals surface area (Å²) >= 11 is 0. The molecular formula is C6H9KO5. The zero-order chi connectivity index (χ0) is 8.43. The molecule has 0 aromatic rings. The second kappa shape index (κ2) is 5.66. The summed E-state index contributed by atoms with van der Waals surface area (Å²) in [6.07, 6.45) is -3.34. The van der Waals surface area contributed by atoms with E-state index < -0.39 is 30.7 Å². The molecule has 0 amide bonds. The molecule has 1 aliphatic rings. The Labute approximate surface area is 112 Å². The summed E-state index contributed by atoms with van der Waals surface area (Å²) in [5, 5.41) is 27.9. The van der Waals surface area contributed by atoms with Crippen molar-refractivity contribution in [3.05, 3.63) is 0 Å². The molecule has 5 nitrogen and oxygen atoms in total. The van der Waals surface area contributed by atoms with Crippen LogP contribution in [-0.2, 0) is 9.53 Å². The smallest absolute Gasteiger partial charge is 0.550 e. The number of ether oxygens (including phenoxy) is 1. The van der Waals surface area contributed by atoms with E-state index in [-0.39, 0.29) is 51.4 Å². The normalized spacial score (nSPS) is 25.3. The topological polar surface area (TPSA) is 93.1 Å². The van der Waals surface area contributed by atoms with Crippen molar-refractivity contribution in [3.63, 3.8) is 0 Å². The molecule has 6 heteroatoms. The number of hydrogen-bond donors (Lipinski definition) is 2. The molecule has 0 spiro atoms. The molecule has 64 valence electrons. The number of carbonyl (C=O) groups excluding carboxylic acids is 1. The van der Waals surface area contributed by atoms with Crippen molar-refractivity contribution in [2.24, 2.45) is 0 Å². The minimum absolute atomic E-state index is 0. The van der Waals surface area contributed by atoms with Crippen molar-refractivity contribution >= 4 is 5.97 Å². The number of carboxylic acid groups (broad SMARTS) is 1. The van der Waals surface area contributed by atoms with Crippen LogP contribution in [0.4, 0.5) is 0 Å². The average Bonchev–Trinajstić information content (AvgIpc) is 2.65. The van der Waals surface area contributed by atoms with Gasteiger partial charge in [-0.15, -0.1) is 0 Å². The van der Waals surface area contributed by atoms with Crippen molar-refractivity contribution in [1.82, 2.24) is 0 Å². The van der Waals surface area contributed by atoms with E-state index in [0.29, 0.717) is 6.61 Å². The van der Waals surface area contributed by atoms with Gasteiger partial charge in [0.25, 0.3) is 0 Å². The Hall–Kier alpha value is 0.986. The van der Waals surface area contributed by atoms with Crippen LogP contribution in [0.1, 0.15) is 6.42 Å². The van der Waals surface area contributed by atoms with Crippen molar-refractivity contribution in [3.8, 4) is 0 Å². The maximum Gasteiger partial charge on any atom is 1.00 e. The van der Waals surface area contributed by atoms with Crippen LogP contribution in [0, 0.1) is 0 Å². The molecule has 0 saturated carbocycles. The molecule has 1 rings (SSSR count). The summed E-state index contributed by atoms with van der Waals surface area (Å²) in [7, 11) is 0. The van der Waals surface area contributed by atoms with Gasteiger partial charge in [-0.25, -0.2) is 0 Å². The summed E-state index contributed by atoms with van der Waals surface area (Å²) in [6.45, 7) is 0.380. The fourth-order valence-electron chi connectivity index (χ4n) is 0.792. The van der Waals surface area contributed by atoms with Crippen LogP contribution >= 0.6 is 0 Å². The Morgan fingerprint density at radius 3 is 2.50 bits per heavy atom. The monoisotopic (exact) mass is 200 g/mol. The fourth-order valence-corrected chi connectivity index (χ4v) is 0.792. The van der Waals surface area contributed by atoms with E-state index in [9.17, 15) is 9.90 Å². The van der Waals surface area contributed by atoms with E-state index in [0.717, 1.165) is 0 Å². The van der Waals surface area contributed by atoms with Crippen molar-refractivity contribution in [2.45, 2.75) is 24.7 Å². The second-order valence-corrected chi connectivity index (χ2v) is 2.51. The van der Waals surface area contributed by atoms with Crippen molar-refractivity contribution in [1.29, 1.82) is 0 Å². The first-order chi connectivity index (χ1) is 5.11. The molecule has 0 aromatic heterocycles. The number of carboxylic acids is 1. The summed E-state index contributed by atoms with van der Waals surface area (Å²) < 4.78 is 4.65. The van der Waals surface area contributed by atoms with E-state index in [2.05, 4.69) is 4.74 Å². The van der Waals surface area contributed by atoms with Gasteiger partial charge in [0.05, 0.1) is 12.7 Å². The Morgan fingerprint density at radius 2 is 2.17 bits per heavy atom. The van der Waals surface area contributed by atoms with Crippen LogP contribution in [0.3, 0.4) is 0 Å². The Balaban J connectivity index is 0.00000121. The summed E-state index contributed by atoms with van der Waals surface area (Å²) in [5.74, 6) is -1.38. The van der Waals surface area contributed by atoms with E-state index in [1.54, 1.807) is 0 Å². The van der Waals surface area contributed by atoms with Crippen molar-refractivity contribution in [2.75, 3.05) is 6.61 Å². The first-order valence-electron chi connectivity index (χ1n) is 3.29. The third kappa shape index (κ3) is 4.29. The molecule has 1 aliphatic heterocycles. The molecule has 1 fully saturated rings. The van der Waals surface area contributed by atoms with Crippen LogP contribution in [0.25, 0.3) is 0 Å². The zero-order valence-corrected chi connectivity index (χ0v) is 9.89. The van der Waals surface area contributed by atoms with Gasteiger partial charge in [-0.05, 0) is 0 Å². The summed E-state index contributed by atoms with van der Waals surface area (Å²) in [4.78, 5) is 9.93. The molecule has 0 aromatic carbocycles. The predicted octanol–water partition coefficient (Wildman–Crippen LogP) is -5.75. The van der Waals surface area contributed by atoms with E-state index in [1.807, 2.05) is 0 Å². The summed E-state index contributed by atoms with van der Waals surface area (Å²) in [6, 6.07) is 0. The number of aliphatic hydroxyl groups is 2. The summed E-state index contributed by atoms with van der Waals surface area (Å²) in [5.41, 5.74) is 0. The largest absolute Gasteiger partial charge is 1.00 e. The Morgan fingerprint density at radius 1 is 1.67 bits per heavy atom. The van der Waals surface area contributed by atoms with E-state index in [4.69, 9.17) is 10.2 Å². The molecular weight excluding hydrogens is 191 g/mol. The van der Waals surface area contributed by atoms with Gasteiger partial charge in [0.15, 0.2) is 0 Å². The van der Waals surface area contributed by atoms with Gasteiger partial charge >= 0.3 is 51.4 Å². The molecule has 2 N–H and O–H groups in total. The van der Waals surface area contributed by atoms with Gasteiger partial charge in [-0.2, -0.15) is 0 Å². The first-order valence-corrected chi connectivity index (χ1v) is 3.29. The van der Waals surface area contributed by atoms with Crippen LogP contribution < -0.4 is 56.5 Å². The molecule has 0 bridgehead atoms. The number of carbonyl (C=O) groups is 1. The molecule has 1 heterocycles. The molecule has 12 heavy (non-hydrogen) atoms. The Kier molecular flexibility index (Phi) is 6.13.